The first-order valence-corrected chi connectivity index (χ1v) is 27.1. The van der Waals surface area contributed by atoms with Gasteiger partial charge in [-0.3, -0.25) is 24.1 Å². The van der Waals surface area contributed by atoms with Crippen LogP contribution in [0.25, 0.3) is 10.4 Å². The molecule has 0 saturated carbocycles. The van der Waals surface area contributed by atoms with Gasteiger partial charge in [-0.05, 0) is 106 Å². The maximum atomic E-state index is 15.7. The number of aryl methyl sites for hydroxylation is 1. The first-order chi connectivity index (χ1) is 34.8. The number of likely N-dealkylation sites (tertiary alicyclic amines) is 2. The Balaban J connectivity index is 0.759. The molecule has 394 valence electrons. The molecule has 2 aromatic heterocycles. The number of unbranched alkanes of at least 4 members (excludes halogenated alkanes) is 2. The van der Waals surface area contributed by atoms with Gasteiger partial charge < -0.3 is 36.0 Å². The molecule has 0 aliphatic carbocycles. The summed E-state index contributed by atoms with van der Waals surface area (Å²) in [4.78, 5) is 76.4. The number of piperazine rings is 1. The van der Waals surface area contributed by atoms with Gasteiger partial charge in [0.05, 0.1) is 39.9 Å². The van der Waals surface area contributed by atoms with Crippen molar-refractivity contribution in [3.63, 3.8) is 0 Å². The topological polar surface area (TPSA) is 168 Å². The van der Waals surface area contributed by atoms with Crippen LogP contribution in [0, 0.1) is 29.4 Å². The van der Waals surface area contributed by atoms with Crippen molar-refractivity contribution in [1.29, 1.82) is 0 Å². The predicted molar refractivity (Wildman–Crippen MR) is 283 cm³/mol. The van der Waals surface area contributed by atoms with E-state index < -0.39 is 34.7 Å². The quantitative estimate of drug-likeness (QED) is 0.0754. The average molecular weight is 1020 g/mol. The number of rotatable bonds is 17. The van der Waals surface area contributed by atoms with Crippen molar-refractivity contribution in [2.45, 2.75) is 143 Å². The normalized spacial score (nSPS) is 19.9. The summed E-state index contributed by atoms with van der Waals surface area (Å²) >= 11 is 1.60. The molecule has 3 atom stereocenters. The minimum absolute atomic E-state index is 0.0378. The Hall–Kier alpha value is -5.75. The molecule has 15 nitrogen and oxygen atoms in total. The number of hydrogen-bond acceptors (Lipinski definition) is 12. The van der Waals surface area contributed by atoms with Gasteiger partial charge in [-0.25, -0.2) is 23.7 Å². The number of anilines is 3. The lowest BCUT2D eigenvalue weighted by molar-refractivity contribution is -0.144. The third kappa shape index (κ3) is 13.3. The zero-order valence-electron chi connectivity index (χ0n) is 43.8. The Morgan fingerprint density at radius 3 is 2.33 bits per heavy atom. The van der Waals surface area contributed by atoms with Crippen LogP contribution >= 0.6 is 11.3 Å². The standard InChI is InChI=1S/C55H75F2N11O4S/c1-36(38-14-16-39(17-15-38)49-37(2)61-35-73-49)62-51(71)43-12-11-23-68(43)52(72)50(53(3,4)5)63-47(69)13-9-8-10-22-58-45-30-46(60-34-59-45)66-26-20-55(21-27-66)33-67(32-48(70)64-55)44-29-41(56)40(28-42(44)57)31-65-24-18-54(6,7)19-25-65/h14-17,28-30,34-36,43,50H,8-13,18-27,31-33H2,1-7H3,(H,62,71)(H,63,69)(H,64,70)(H,58,59,60)/t36-,43-,50+/m0/s1. The molecule has 2 aromatic carbocycles. The Morgan fingerprint density at radius 2 is 1.63 bits per heavy atom. The fraction of sp³-hybridized carbons (Fsp3) is 0.582. The summed E-state index contributed by atoms with van der Waals surface area (Å²) in [6, 6.07) is 10.9. The van der Waals surface area contributed by atoms with Gasteiger partial charge in [-0.15, -0.1) is 11.3 Å². The molecule has 6 heterocycles. The summed E-state index contributed by atoms with van der Waals surface area (Å²) in [6.45, 7) is 18.9. The Labute approximate surface area is 433 Å². The number of thiazole rings is 1. The van der Waals surface area contributed by atoms with Crippen molar-refractivity contribution < 1.29 is 28.0 Å². The van der Waals surface area contributed by atoms with Gasteiger partial charge in [-0.1, -0.05) is 65.3 Å². The number of nitrogens with zero attached hydrogens (tertiary/aromatic N) is 7. The molecule has 4 N–H and O–H groups in total. The maximum Gasteiger partial charge on any atom is 0.246 e. The molecule has 8 rings (SSSR count). The van der Waals surface area contributed by atoms with E-state index >= 15 is 8.78 Å². The second kappa shape index (κ2) is 22.8. The van der Waals surface area contributed by atoms with E-state index in [4.69, 9.17) is 0 Å². The van der Waals surface area contributed by atoms with Crippen molar-refractivity contribution in [3.05, 3.63) is 82.8 Å². The second-order valence-electron chi connectivity index (χ2n) is 22.7. The summed E-state index contributed by atoms with van der Waals surface area (Å²) in [6.07, 6.45) is 8.52. The third-order valence-electron chi connectivity index (χ3n) is 15.4. The molecule has 4 aliphatic rings. The molecular formula is C55H75F2N11O4S. The second-order valence-corrected chi connectivity index (χ2v) is 23.5. The SMILES string of the molecule is Cc1ncsc1-c1ccc([C@H](C)NC(=O)[C@@H]2CCCN2C(=O)[C@@H](NC(=O)CCCCCNc2cc(N3CCC4(CC3)CN(c3cc(F)c(CN5CCC(C)(C)CC5)cc3F)CC(=O)N4)ncn2)C(C)(C)C)cc1. The Bertz CT molecular complexity index is 2590. The summed E-state index contributed by atoms with van der Waals surface area (Å²) in [5, 5.41) is 12.7. The Kier molecular flexibility index (Phi) is 16.7. The Morgan fingerprint density at radius 1 is 0.890 bits per heavy atom. The zero-order chi connectivity index (χ0) is 52.1. The molecule has 0 radical (unpaired) electrons. The predicted octanol–water partition coefficient (Wildman–Crippen LogP) is 8.16. The highest BCUT2D eigenvalue weighted by Gasteiger charge is 2.44. The van der Waals surface area contributed by atoms with Gasteiger partial charge in [0.2, 0.25) is 23.6 Å². The highest BCUT2D eigenvalue weighted by atomic mass is 32.1. The molecule has 4 saturated heterocycles. The smallest absolute Gasteiger partial charge is 0.246 e. The van der Waals surface area contributed by atoms with Gasteiger partial charge in [0.15, 0.2) is 0 Å². The zero-order valence-corrected chi connectivity index (χ0v) is 44.6. The molecule has 1 spiro atoms. The number of carbonyl (C=O) groups is 4. The van der Waals surface area contributed by atoms with Crippen molar-refractivity contribution >= 4 is 52.3 Å². The lowest BCUT2D eigenvalue weighted by Gasteiger charge is -2.48. The van der Waals surface area contributed by atoms with Crippen LogP contribution in [0.3, 0.4) is 0 Å². The maximum absolute atomic E-state index is 15.7. The molecule has 0 unspecified atom stereocenters. The monoisotopic (exact) mass is 1020 g/mol. The van der Waals surface area contributed by atoms with E-state index in [-0.39, 0.29) is 53.7 Å². The van der Waals surface area contributed by atoms with Gasteiger partial charge >= 0.3 is 0 Å². The van der Waals surface area contributed by atoms with Crippen LogP contribution in [0.5, 0.6) is 0 Å². The molecule has 73 heavy (non-hydrogen) atoms. The largest absolute Gasteiger partial charge is 0.370 e. The van der Waals surface area contributed by atoms with Crippen LogP contribution in [-0.4, -0.2) is 118 Å². The van der Waals surface area contributed by atoms with E-state index in [1.165, 1.54) is 18.5 Å². The molecular weight excluding hydrogens is 949 g/mol. The molecule has 18 heteroatoms. The van der Waals surface area contributed by atoms with Gasteiger partial charge in [0.25, 0.3) is 0 Å². The molecule has 4 fully saturated rings. The third-order valence-corrected chi connectivity index (χ3v) is 16.4. The van der Waals surface area contributed by atoms with Crippen LogP contribution in [0.1, 0.15) is 129 Å². The van der Waals surface area contributed by atoms with Crippen molar-refractivity contribution in [3.8, 4) is 10.4 Å². The first kappa shape index (κ1) is 53.5. The van der Waals surface area contributed by atoms with Gasteiger partial charge in [0, 0.05) is 63.4 Å². The minimum atomic E-state index is -0.787. The van der Waals surface area contributed by atoms with E-state index in [9.17, 15) is 19.2 Å². The van der Waals surface area contributed by atoms with Crippen LogP contribution < -0.4 is 31.1 Å². The lowest BCUT2D eigenvalue weighted by atomic mass is 9.82. The number of amides is 4. The number of halogens is 2. The van der Waals surface area contributed by atoms with E-state index in [0.29, 0.717) is 82.8 Å². The summed E-state index contributed by atoms with van der Waals surface area (Å²) in [5.41, 5.74) is 4.43. The summed E-state index contributed by atoms with van der Waals surface area (Å²) in [5.74, 6) is -0.363. The fourth-order valence-corrected chi connectivity index (χ4v) is 11.6. The molecule has 4 amide bonds. The van der Waals surface area contributed by atoms with E-state index in [0.717, 1.165) is 66.3 Å². The fourth-order valence-electron chi connectivity index (χ4n) is 10.8. The minimum Gasteiger partial charge on any atom is -0.370 e. The van der Waals surface area contributed by atoms with E-state index in [1.807, 2.05) is 70.5 Å². The van der Waals surface area contributed by atoms with Crippen molar-refractivity contribution in [2.24, 2.45) is 10.8 Å². The van der Waals surface area contributed by atoms with E-state index in [2.05, 4.69) is 59.9 Å². The van der Waals surface area contributed by atoms with Crippen LogP contribution in [0.15, 0.2) is 54.3 Å². The molecule has 0 bridgehead atoms. The van der Waals surface area contributed by atoms with E-state index in [1.54, 1.807) is 21.1 Å². The van der Waals surface area contributed by atoms with Crippen molar-refractivity contribution in [1.82, 2.24) is 40.7 Å². The van der Waals surface area contributed by atoms with Crippen LogP contribution in [0.2, 0.25) is 0 Å². The summed E-state index contributed by atoms with van der Waals surface area (Å²) < 4.78 is 31.2. The van der Waals surface area contributed by atoms with Crippen LogP contribution in [-0.2, 0) is 25.7 Å². The number of benzene rings is 2. The number of hydrogen-bond donors (Lipinski definition) is 4. The molecule has 4 aromatic rings. The summed E-state index contributed by atoms with van der Waals surface area (Å²) in [7, 11) is 0. The first-order valence-electron chi connectivity index (χ1n) is 26.2. The number of piperidine rings is 2. The van der Waals surface area contributed by atoms with Gasteiger partial charge in [-0.2, -0.15) is 0 Å². The highest BCUT2D eigenvalue weighted by Crippen LogP contribution is 2.35. The van der Waals surface area contributed by atoms with Gasteiger partial charge in [0.1, 0.15) is 41.7 Å². The molecule has 4 aliphatic heterocycles. The lowest BCUT2D eigenvalue weighted by Crippen LogP contribution is -2.66. The highest BCUT2D eigenvalue weighted by molar-refractivity contribution is 7.13. The van der Waals surface area contributed by atoms with Crippen LogP contribution in [0.4, 0.5) is 26.1 Å². The van der Waals surface area contributed by atoms with Crippen molar-refractivity contribution in [2.75, 3.05) is 67.5 Å². The average Bonchev–Trinajstić information content (AvgIpc) is 4.03. The number of carbonyl (C=O) groups excluding carboxylic acids is 4. The number of aromatic nitrogens is 3. The number of nitrogens with one attached hydrogen (secondary N) is 4.